The van der Waals surface area contributed by atoms with E-state index in [4.69, 9.17) is 47.4 Å². The van der Waals surface area contributed by atoms with Gasteiger partial charge in [-0.05, 0) is 77.6 Å². The van der Waals surface area contributed by atoms with Gasteiger partial charge in [0.25, 0.3) is 0 Å². The lowest BCUT2D eigenvalue weighted by Crippen LogP contribution is -2.30. The number of esters is 6. The third kappa shape index (κ3) is 24.9. The molecule has 2 unspecified atom stereocenters. The van der Waals surface area contributed by atoms with Crippen molar-refractivity contribution < 1.29 is 76.1 Å². The van der Waals surface area contributed by atoms with Crippen molar-refractivity contribution in [3.8, 4) is 11.5 Å². The van der Waals surface area contributed by atoms with E-state index in [1.165, 1.54) is 13.8 Å². The van der Waals surface area contributed by atoms with Crippen LogP contribution in [0.15, 0.2) is 72.9 Å². The molecule has 58 heavy (non-hydrogen) atoms. The zero-order valence-corrected chi connectivity index (χ0v) is 34.1. The van der Waals surface area contributed by atoms with Crippen molar-refractivity contribution >= 4 is 35.8 Å². The zero-order valence-electron chi connectivity index (χ0n) is 34.1. The van der Waals surface area contributed by atoms with Gasteiger partial charge in [-0.25, -0.2) is 19.2 Å². The Kier molecular flexibility index (Phi) is 25.9. The number of hydrogen-bond donors (Lipinski definition) is 0. The average molecular weight is 819 g/mol. The van der Waals surface area contributed by atoms with Crippen LogP contribution in [0.25, 0.3) is 0 Å². The molecule has 0 amide bonds. The second-order valence-corrected chi connectivity index (χ2v) is 13.0. The van der Waals surface area contributed by atoms with E-state index in [2.05, 4.69) is 26.3 Å². The lowest BCUT2D eigenvalue weighted by Gasteiger charge is -2.18. The quantitative estimate of drug-likeness (QED) is 0.0402. The molecule has 1 rings (SSSR count). The molecule has 16 heteroatoms. The molecule has 0 aliphatic rings. The van der Waals surface area contributed by atoms with Crippen LogP contribution in [0.1, 0.15) is 66.2 Å². The summed E-state index contributed by atoms with van der Waals surface area (Å²) in [5.74, 6) is -2.19. The molecule has 0 radical (unpaired) electrons. The van der Waals surface area contributed by atoms with E-state index in [0.29, 0.717) is 48.3 Å². The summed E-state index contributed by atoms with van der Waals surface area (Å²) in [5.41, 5.74) is 0.981. The Labute approximate surface area is 340 Å². The van der Waals surface area contributed by atoms with Crippen LogP contribution in [-0.4, -0.2) is 114 Å². The SMILES string of the molecule is C=C(C)C(=O)OCCCCC(=O)OC(COCCOc1ccc(OCCOCC(COC(=O)C(=C)C)OC(=O)CCCCOC(=O)C(=C)C)cc1)COC(=O)C(=C)C. The average Bonchev–Trinajstić information content (AvgIpc) is 3.17. The molecule has 0 spiro atoms. The molecule has 0 bridgehead atoms. The molecule has 16 nitrogen and oxygen atoms in total. The summed E-state index contributed by atoms with van der Waals surface area (Å²) in [4.78, 5) is 71.4. The Morgan fingerprint density at radius 3 is 1.10 bits per heavy atom. The first kappa shape index (κ1) is 50.5. The van der Waals surface area contributed by atoms with E-state index in [0.717, 1.165) is 0 Å². The fourth-order valence-electron chi connectivity index (χ4n) is 4.12. The van der Waals surface area contributed by atoms with Crippen molar-refractivity contribution in [3.05, 3.63) is 72.9 Å². The van der Waals surface area contributed by atoms with Gasteiger partial charge in [0.2, 0.25) is 0 Å². The lowest BCUT2D eigenvalue weighted by atomic mass is 10.2. The Hall–Kier alpha value is -5.48. The molecule has 0 saturated carbocycles. The topological polar surface area (TPSA) is 195 Å². The highest BCUT2D eigenvalue weighted by Gasteiger charge is 2.20. The maximum atomic E-state index is 12.4. The summed E-state index contributed by atoms with van der Waals surface area (Å²) in [6.45, 7) is 20.6. The molecule has 322 valence electrons. The van der Waals surface area contributed by atoms with Gasteiger partial charge in [-0.1, -0.05) is 26.3 Å². The minimum atomic E-state index is -0.861. The molecule has 0 saturated heterocycles. The minimum absolute atomic E-state index is 0.0527. The second kappa shape index (κ2) is 29.7. The molecule has 2 atom stereocenters. The molecule has 0 N–H and O–H groups in total. The molecule has 1 aromatic rings. The predicted molar refractivity (Wildman–Crippen MR) is 210 cm³/mol. The second-order valence-electron chi connectivity index (χ2n) is 13.0. The number of ether oxygens (including phenoxy) is 10. The van der Waals surface area contributed by atoms with Crippen LogP contribution in [0.2, 0.25) is 0 Å². The van der Waals surface area contributed by atoms with Crippen LogP contribution in [0, 0.1) is 0 Å². The van der Waals surface area contributed by atoms with Crippen LogP contribution in [0.5, 0.6) is 11.5 Å². The number of hydrogen-bond acceptors (Lipinski definition) is 16. The van der Waals surface area contributed by atoms with Gasteiger partial charge in [0.15, 0.2) is 12.2 Å². The van der Waals surface area contributed by atoms with Gasteiger partial charge in [-0.2, -0.15) is 0 Å². The largest absolute Gasteiger partial charge is 0.491 e. The van der Waals surface area contributed by atoms with Gasteiger partial charge < -0.3 is 47.4 Å². The van der Waals surface area contributed by atoms with Gasteiger partial charge in [0.1, 0.15) is 37.9 Å². The maximum absolute atomic E-state index is 12.4. The fourth-order valence-corrected chi connectivity index (χ4v) is 4.12. The monoisotopic (exact) mass is 818 g/mol. The first-order valence-electron chi connectivity index (χ1n) is 18.8. The first-order chi connectivity index (χ1) is 27.6. The molecule has 1 aromatic carbocycles. The van der Waals surface area contributed by atoms with Crippen molar-refractivity contribution in [2.75, 3.05) is 66.1 Å². The van der Waals surface area contributed by atoms with Gasteiger partial charge in [-0.15, -0.1) is 0 Å². The molecular formula is C42H58O16. The summed E-state index contributed by atoms with van der Waals surface area (Å²) >= 11 is 0. The van der Waals surface area contributed by atoms with Gasteiger partial charge in [0, 0.05) is 35.1 Å². The Balaban J connectivity index is 2.45. The van der Waals surface area contributed by atoms with Crippen molar-refractivity contribution in [3.63, 3.8) is 0 Å². The Bertz CT molecular complexity index is 1420. The minimum Gasteiger partial charge on any atom is -0.491 e. The van der Waals surface area contributed by atoms with E-state index in [1.54, 1.807) is 38.1 Å². The fraction of sp³-hybridized carbons (Fsp3) is 0.524. The van der Waals surface area contributed by atoms with E-state index in [1.807, 2.05) is 0 Å². The number of rotatable bonds is 32. The van der Waals surface area contributed by atoms with Crippen molar-refractivity contribution in [2.45, 2.75) is 78.4 Å². The molecule has 0 aliphatic carbocycles. The highest BCUT2D eigenvalue weighted by Crippen LogP contribution is 2.18. The third-order valence-corrected chi connectivity index (χ3v) is 7.23. The van der Waals surface area contributed by atoms with E-state index >= 15 is 0 Å². The van der Waals surface area contributed by atoms with Gasteiger partial charge in [0.05, 0.1) is 39.6 Å². The molecule has 0 heterocycles. The summed E-state index contributed by atoms with van der Waals surface area (Å²) in [7, 11) is 0. The van der Waals surface area contributed by atoms with Crippen molar-refractivity contribution in [1.29, 1.82) is 0 Å². The molecule has 0 aliphatic heterocycles. The third-order valence-electron chi connectivity index (χ3n) is 7.23. The molecule has 0 fully saturated rings. The van der Waals surface area contributed by atoms with Crippen molar-refractivity contribution in [2.24, 2.45) is 0 Å². The van der Waals surface area contributed by atoms with E-state index < -0.39 is 48.0 Å². The van der Waals surface area contributed by atoms with Gasteiger partial charge >= 0.3 is 35.8 Å². The highest BCUT2D eigenvalue weighted by molar-refractivity contribution is 5.88. The standard InChI is InChI=1S/C42H58O16/c1-29(2)39(45)53-19-11-9-13-37(43)57-35(27-55-41(47)31(5)6)25-49-21-23-51-33-15-17-34(18-16-33)52-24-22-50-26-36(28-56-42(48)32(7)8)58-38(44)14-10-12-20-54-40(46)30(3)4/h15-18,35-36H,1,3,5,7,9-14,19-28H2,2,4,6,8H3. The molecule has 0 aromatic heterocycles. The Morgan fingerprint density at radius 1 is 0.448 bits per heavy atom. The van der Waals surface area contributed by atoms with Crippen LogP contribution in [-0.2, 0) is 66.7 Å². The van der Waals surface area contributed by atoms with Gasteiger partial charge in [-0.3, -0.25) is 9.59 Å². The lowest BCUT2D eigenvalue weighted by molar-refractivity contribution is -0.161. The van der Waals surface area contributed by atoms with E-state index in [9.17, 15) is 28.8 Å². The Morgan fingerprint density at radius 2 is 0.776 bits per heavy atom. The van der Waals surface area contributed by atoms with Crippen LogP contribution >= 0.6 is 0 Å². The highest BCUT2D eigenvalue weighted by atomic mass is 16.6. The maximum Gasteiger partial charge on any atom is 0.333 e. The smallest absolute Gasteiger partial charge is 0.333 e. The summed E-state index contributed by atoms with van der Waals surface area (Å²) in [6, 6.07) is 6.81. The van der Waals surface area contributed by atoms with E-state index in [-0.39, 0.29) is 90.1 Å². The number of carbonyl (C=O) groups is 6. The molecular weight excluding hydrogens is 760 g/mol. The first-order valence-corrected chi connectivity index (χ1v) is 18.8. The summed E-state index contributed by atoms with van der Waals surface area (Å²) < 4.78 is 53.9. The summed E-state index contributed by atoms with van der Waals surface area (Å²) in [6.07, 6.45) is 0.173. The summed E-state index contributed by atoms with van der Waals surface area (Å²) in [5, 5.41) is 0. The zero-order chi connectivity index (χ0) is 43.3. The van der Waals surface area contributed by atoms with Crippen LogP contribution < -0.4 is 9.47 Å². The van der Waals surface area contributed by atoms with Crippen LogP contribution in [0.4, 0.5) is 0 Å². The van der Waals surface area contributed by atoms with Crippen LogP contribution in [0.3, 0.4) is 0 Å². The number of benzene rings is 1. The number of unbranched alkanes of at least 4 members (excludes halogenated alkanes) is 2. The predicted octanol–water partition coefficient (Wildman–Crippen LogP) is 5.12. The number of carbonyl (C=O) groups excluding carboxylic acids is 6. The normalized spacial score (nSPS) is 11.5. The van der Waals surface area contributed by atoms with Crippen molar-refractivity contribution in [1.82, 2.24) is 0 Å².